The van der Waals surface area contributed by atoms with E-state index in [1.807, 2.05) is 24.9 Å². The van der Waals surface area contributed by atoms with Crippen LogP contribution in [-0.2, 0) is 20.6 Å². The Morgan fingerprint density at radius 3 is 2.86 bits per heavy atom. The minimum Gasteiger partial charge on any atom is -0.350 e. The molecule has 2 aromatic heterocycles. The Balaban J connectivity index is 1.86. The number of carbonyl (C=O) groups excluding carboxylic acids is 1. The Labute approximate surface area is 121 Å². The van der Waals surface area contributed by atoms with Gasteiger partial charge in [0.25, 0.3) is 5.91 Å². The van der Waals surface area contributed by atoms with Crippen molar-refractivity contribution in [2.24, 2.45) is 14.1 Å². The second-order valence-corrected chi connectivity index (χ2v) is 5.02. The fourth-order valence-electron chi connectivity index (χ4n) is 2.39. The summed E-state index contributed by atoms with van der Waals surface area (Å²) in [6.07, 6.45) is 5.24. The highest BCUT2D eigenvalue weighted by Gasteiger charge is 2.14. The molecule has 0 bridgehead atoms. The summed E-state index contributed by atoms with van der Waals surface area (Å²) in [7, 11) is 3.65. The van der Waals surface area contributed by atoms with E-state index in [4.69, 9.17) is 0 Å². The van der Waals surface area contributed by atoms with Gasteiger partial charge in [-0.1, -0.05) is 0 Å². The first kappa shape index (κ1) is 13.4. The molecule has 5 nitrogen and oxygen atoms in total. The van der Waals surface area contributed by atoms with Crippen LogP contribution in [0.4, 0.5) is 4.39 Å². The largest absolute Gasteiger partial charge is 0.350 e. The van der Waals surface area contributed by atoms with Gasteiger partial charge in [0, 0.05) is 49.5 Å². The van der Waals surface area contributed by atoms with E-state index in [9.17, 15) is 9.18 Å². The van der Waals surface area contributed by atoms with Gasteiger partial charge in [0.15, 0.2) is 0 Å². The van der Waals surface area contributed by atoms with E-state index in [1.54, 1.807) is 23.1 Å². The normalized spacial score (nSPS) is 11.0. The Morgan fingerprint density at radius 1 is 1.33 bits per heavy atom. The topological polar surface area (TPSA) is 51.9 Å². The molecular formula is C15H15FN4O. The molecule has 0 saturated carbocycles. The summed E-state index contributed by atoms with van der Waals surface area (Å²) >= 11 is 0. The van der Waals surface area contributed by atoms with Crippen molar-refractivity contribution in [3.63, 3.8) is 0 Å². The van der Waals surface area contributed by atoms with Crippen molar-refractivity contribution in [2.45, 2.75) is 6.54 Å². The Kier molecular flexibility index (Phi) is 3.21. The predicted molar refractivity (Wildman–Crippen MR) is 77.3 cm³/mol. The van der Waals surface area contributed by atoms with E-state index in [2.05, 4.69) is 10.4 Å². The standard InChI is InChI=1S/C15H15FN4O/c1-19-9-13(12-5-11(16)3-4-14(12)19)15(21)17-6-10-7-18-20(2)8-10/h3-5,7-9H,6H2,1-2H3,(H,17,21). The van der Waals surface area contributed by atoms with Gasteiger partial charge in [-0.05, 0) is 18.2 Å². The predicted octanol–water partition coefficient (Wildman–Crippen LogP) is 1.98. The molecule has 0 fully saturated rings. The lowest BCUT2D eigenvalue weighted by Crippen LogP contribution is -2.22. The van der Waals surface area contributed by atoms with Crippen LogP contribution in [0.1, 0.15) is 15.9 Å². The minimum atomic E-state index is -0.352. The molecule has 0 spiro atoms. The zero-order valence-electron chi connectivity index (χ0n) is 11.8. The summed E-state index contributed by atoms with van der Waals surface area (Å²) in [4.78, 5) is 12.3. The number of amides is 1. The highest BCUT2D eigenvalue weighted by Crippen LogP contribution is 2.21. The maximum absolute atomic E-state index is 13.4. The quantitative estimate of drug-likeness (QED) is 0.800. The number of halogens is 1. The molecule has 1 aromatic carbocycles. The lowest BCUT2D eigenvalue weighted by molar-refractivity contribution is 0.0952. The zero-order chi connectivity index (χ0) is 15.0. The molecule has 3 aromatic rings. The molecule has 0 aliphatic carbocycles. The summed E-state index contributed by atoms with van der Waals surface area (Å²) in [5.74, 6) is -0.579. The summed E-state index contributed by atoms with van der Waals surface area (Å²) in [6.45, 7) is 0.387. The van der Waals surface area contributed by atoms with Crippen molar-refractivity contribution < 1.29 is 9.18 Å². The van der Waals surface area contributed by atoms with Crippen LogP contribution in [0.3, 0.4) is 0 Å². The fraction of sp³-hybridized carbons (Fsp3) is 0.200. The lowest BCUT2D eigenvalue weighted by atomic mass is 10.1. The molecule has 0 aliphatic rings. The molecule has 2 heterocycles. The van der Waals surface area contributed by atoms with Crippen LogP contribution in [0, 0.1) is 5.82 Å². The molecule has 1 amide bonds. The van der Waals surface area contributed by atoms with Gasteiger partial charge in [-0.15, -0.1) is 0 Å². The summed E-state index contributed by atoms with van der Waals surface area (Å²) in [6, 6.07) is 4.44. The highest BCUT2D eigenvalue weighted by molar-refractivity contribution is 6.06. The first-order valence-corrected chi connectivity index (χ1v) is 6.55. The fourth-order valence-corrected chi connectivity index (χ4v) is 2.39. The van der Waals surface area contributed by atoms with Crippen molar-refractivity contribution >= 4 is 16.8 Å². The van der Waals surface area contributed by atoms with E-state index in [0.29, 0.717) is 17.5 Å². The monoisotopic (exact) mass is 286 g/mol. The van der Waals surface area contributed by atoms with Gasteiger partial charge in [-0.25, -0.2) is 4.39 Å². The van der Waals surface area contributed by atoms with Crippen molar-refractivity contribution in [3.8, 4) is 0 Å². The molecule has 21 heavy (non-hydrogen) atoms. The molecule has 0 saturated heterocycles. The van der Waals surface area contributed by atoms with E-state index in [1.165, 1.54) is 12.1 Å². The van der Waals surface area contributed by atoms with Crippen LogP contribution in [0.25, 0.3) is 10.9 Å². The van der Waals surface area contributed by atoms with Gasteiger partial charge in [-0.3, -0.25) is 9.48 Å². The maximum Gasteiger partial charge on any atom is 0.253 e. The molecule has 1 N–H and O–H groups in total. The Hall–Kier alpha value is -2.63. The van der Waals surface area contributed by atoms with Crippen molar-refractivity contribution in [3.05, 3.63) is 53.7 Å². The molecule has 6 heteroatoms. The number of hydrogen-bond donors (Lipinski definition) is 1. The molecule has 0 radical (unpaired) electrons. The second kappa shape index (κ2) is 5.05. The number of carbonyl (C=O) groups is 1. The van der Waals surface area contributed by atoms with Crippen molar-refractivity contribution in [2.75, 3.05) is 0 Å². The number of fused-ring (bicyclic) bond motifs is 1. The van der Waals surface area contributed by atoms with Crippen LogP contribution in [-0.4, -0.2) is 20.3 Å². The number of benzene rings is 1. The van der Waals surface area contributed by atoms with Crippen LogP contribution in [0.5, 0.6) is 0 Å². The van der Waals surface area contributed by atoms with E-state index < -0.39 is 0 Å². The minimum absolute atomic E-state index is 0.227. The summed E-state index contributed by atoms with van der Waals surface area (Å²) in [5.41, 5.74) is 2.20. The molecule has 3 rings (SSSR count). The van der Waals surface area contributed by atoms with E-state index in [0.717, 1.165) is 11.1 Å². The number of hydrogen-bond acceptors (Lipinski definition) is 2. The average molecular weight is 286 g/mol. The SMILES string of the molecule is Cn1cc(CNC(=O)c2cn(C)c3ccc(F)cc23)cn1. The molecular weight excluding hydrogens is 271 g/mol. The molecule has 0 aliphatic heterocycles. The van der Waals surface area contributed by atoms with Gasteiger partial charge in [0.1, 0.15) is 5.82 Å². The highest BCUT2D eigenvalue weighted by atomic mass is 19.1. The summed E-state index contributed by atoms with van der Waals surface area (Å²) < 4.78 is 16.9. The van der Waals surface area contributed by atoms with Crippen LogP contribution in [0.2, 0.25) is 0 Å². The van der Waals surface area contributed by atoms with Gasteiger partial charge < -0.3 is 9.88 Å². The number of rotatable bonds is 3. The first-order valence-electron chi connectivity index (χ1n) is 6.55. The van der Waals surface area contributed by atoms with E-state index in [-0.39, 0.29) is 11.7 Å². The maximum atomic E-state index is 13.4. The van der Waals surface area contributed by atoms with Gasteiger partial charge in [0.05, 0.1) is 11.8 Å². The third kappa shape index (κ3) is 2.52. The molecule has 0 unspecified atom stereocenters. The van der Waals surface area contributed by atoms with E-state index >= 15 is 0 Å². The van der Waals surface area contributed by atoms with Crippen molar-refractivity contribution in [1.82, 2.24) is 19.7 Å². The number of aryl methyl sites for hydroxylation is 2. The second-order valence-electron chi connectivity index (χ2n) is 5.02. The molecule has 0 atom stereocenters. The van der Waals surface area contributed by atoms with Crippen LogP contribution in [0.15, 0.2) is 36.8 Å². The lowest BCUT2D eigenvalue weighted by Gasteiger charge is -2.02. The van der Waals surface area contributed by atoms with Crippen LogP contribution >= 0.6 is 0 Å². The van der Waals surface area contributed by atoms with Gasteiger partial charge in [0.2, 0.25) is 0 Å². The average Bonchev–Trinajstić information content (AvgIpc) is 3.00. The number of nitrogens with one attached hydrogen (secondary N) is 1. The summed E-state index contributed by atoms with van der Waals surface area (Å²) in [5, 5.41) is 7.48. The Morgan fingerprint density at radius 2 is 2.14 bits per heavy atom. The zero-order valence-corrected chi connectivity index (χ0v) is 11.8. The van der Waals surface area contributed by atoms with Crippen molar-refractivity contribution in [1.29, 1.82) is 0 Å². The van der Waals surface area contributed by atoms with Gasteiger partial charge in [-0.2, -0.15) is 5.10 Å². The number of aromatic nitrogens is 3. The third-order valence-electron chi connectivity index (χ3n) is 3.41. The van der Waals surface area contributed by atoms with Crippen LogP contribution < -0.4 is 5.32 Å². The van der Waals surface area contributed by atoms with Gasteiger partial charge >= 0.3 is 0 Å². The smallest absolute Gasteiger partial charge is 0.253 e. The Bertz CT molecular complexity index is 818. The number of nitrogens with zero attached hydrogens (tertiary/aromatic N) is 3. The first-order chi connectivity index (χ1) is 10.0. The molecule has 108 valence electrons. The third-order valence-corrected chi connectivity index (χ3v) is 3.41.